The van der Waals surface area contributed by atoms with Crippen molar-refractivity contribution in [1.29, 1.82) is 0 Å². The molecule has 3 aromatic rings. The van der Waals surface area contributed by atoms with Crippen molar-refractivity contribution in [1.82, 2.24) is 19.6 Å². The Balaban J connectivity index is 1.86. The molecule has 0 radical (unpaired) electrons. The standard InChI is InChI=1S/C21H25ClN4O2/c1-27-16-5-6-19(28-2)17(12-16)21-18(14-25-10-3-8-23-9-11-25)26-13-15(22)4-7-20(26)24-21/h4-7,12-13,23H,3,8-11,14H2,1-2H3. The van der Waals surface area contributed by atoms with E-state index in [9.17, 15) is 0 Å². The number of benzene rings is 1. The minimum atomic E-state index is 0.688. The van der Waals surface area contributed by atoms with Gasteiger partial charge in [-0.3, -0.25) is 4.90 Å². The largest absolute Gasteiger partial charge is 0.497 e. The Bertz CT molecular complexity index is 964. The lowest BCUT2D eigenvalue weighted by Crippen LogP contribution is -2.28. The van der Waals surface area contributed by atoms with Gasteiger partial charge in [-0.15, -0.1) is 0 Å². The fourth-order valence-electron chi connectivity index (χ4n) is 3.70. The molecule has 0 saturated carbocycles. The van der Waals surface area contributed by atoms with E-state index in [2.05, 4.69) is 14.6 Å². The summed E-state index contributed by atoms with van der Waals surface area (Å²) in [6.45, 7) is 4.90. The van der Waals surface area contributed by atoms with E-state index in [0.717, 1.165) is 73.2 Å². The molecule has 1 fully saturated rings. The molecule has 0 amide bonds. The summed E-state index contributed by atoms with van der Waals surface area (Å²) in [6.07, 6.45) is 3.07. The van der Waals surface area contributed by atoms with Gasteiger partial charge < -0.3 is 19.2 Å². The SMILES string of the molecule is COc1ccc(OC)c(-c2nc3ccc(Cl)cn3c2CN2CCCNCC2)c1. The van der Waals surface area contributed by atoms with Crippen LogP contribution in [0.25, 0.3) is 16.9 Å². The summed E-state index contributed by atoms with van der Waals surface area (Å²) in [5.41, 5.74) is 3.79. The lowest BCUT2D eigenvalue weighted by Gasteiger charge is -2.20. The molecule has 1 N–H and O–H groups in total. The molecule has 1 aromatic carbocycles. The van der Waals surface area contributed by atoms with Crippen molar-refractivity contribution < 1.29 is 9.47 Å². The first-order valence-corrected chi connectivity index (χ1v) is 9.89. The number of pyridine rings is 1. The van der Waals surface area contributed by atoms with Crippen molar-refractivity contribution in [3.8, 4) is 22.8 Å². The van der Waals surface area contributed by atoms with E-state index in [0.29, 0.717) is 5.02 Å². The first kappa shape index (κ1) is 19.1. The molecule has 0 atom stereocenters. The Morgan fingerprint density at radius 2 is 2.00 bits per heavy atom. The number of nitrogens with zero attached hydrogens (tertiary/aromatic N) is 3. The van der Waals surface area contributed by atoms with Crippen LogP contribution in [0.3, 0.4) is 0 Å². The van der Waals surface area contributed by atoms with Crippen molar-refractivity contribution in [3.05, 3.63) is 47.2 Å². The maximum Gasteiger partial charge on any atom is 0.137 e. The summed E-state index contributed by atoms with van der Waals surface area (Å²) < 4.78 is 13.2. The summed E-state index contributed by atoms with van der Waals surface area (Å²) in [4.78, 5) is 7.38. The molecule has 1 aliphatic rings. The molecule has 1 saturated heterocycles. The second kappa shape index (κ2) is 8.39. The average Bonchev–Trinajstić information content (AvgIpc) is 2.88. The highest BCUT2D eigenvalue weighted by molar-refractivity contribution is 6.30. The van der Waals surface area contributed by atoms with Crippen LogP contribution in [0.5, 0.6) is 11.5 Å². The predicted octanol–water partition coefficient (Wildman–Crippen LogP) is 3.47. The summed E-state index contributed by atoms with van der Waals surface area (Å²) in [7, 11) is 3.35. The van der Waals surface area contributed by atoms with E-state index in [1.807, 2.05) is 36.5 Å². The number of hydrogen-bond donors (Lipinski definition) is 1. The molecular formula is C21H25ClN4O2. The molecule has 2 aromatic heterocycles. The number of imidazole rings is 1. The number of hydrogen-bond acceptors (Lipinski definition) is 5. The quantitative estimate of drug-likeness (QED) is 0.710. The second-order valence-corrected chi connectivity index (χ2v) is 7.36. The van der Waals surface area contributed by atoms with Crippen molar-refractivity contribution in [2.75, 3.05) is 40.4 Å². The van der Waals surface area contributed by atoms with E-state index < -0.39 is 0 Å². The fraction of sp³-hybridized carbons (Fsp3) is 0.381. The molecule has 7 heteroatoms. The van der Waals surface area contributed by atoms with Crippen LogP contribution in [-0.2, 0) is 6.54 Å². The molecule has 148 valence electrons. The maximum absolute atomic E-state index is 6.30. The molecule has 4 rings (SSSR count). The Hall–Kier alpha value is -2.28. The van der Waals surface area contributed by atoms with Gasteiger partial charge in [0.05, 0.1) is 30.6 Å². The minimum absolute atomic E-state index is 0.688. The van der Waals surface area contributed by atoms with Gasteiger partial charge in [0.15, 0.2) is 0 Å². The second-order valence-electron chi connectivity index (χ2n) is 6.93. The highest BCUT2D eigenvalue weighted by Gasteiger charge is 2.21. The van der Waals surface area contributed by atoms with Crippen LogP contribution in [0.1, 0.15) is 12.1 Å². The molecule has 1 aliphatic heterocycles. The van der Waals surface area contributed by atoms with Crippen molar-refractivity contribution in [3.63, 3.8) is 0 Å². The third-order valence-electron chi connectivity index (χ3n) is 5.15. The lowest BCUT2D eigenvalue weighted by atomic mass is 10.1. The summed E-state index contributed by atoms with van der Waals surface area (Å²) in [6, 6.07) is 9.62. The Morgan fingerprint density at radius 3 is 2.82 bits per heavy atom. The summed E-state index contributed by atoms with van der Waals surface area (Å²) in [5.74, 6) is 1.55. The molecule has 28 heavy (non-hydrogen) atoms. The molecule has 3 heterocycles. The molecule has 0 aliphatic carbocycles. The van der Waals surface area contributed by atoms with Crippen LogP contribution in [0.2, 0.25) is 5.02 Å². The number of methoxy groups -OCH3 is 2. The number of nitrogens with one attached hydrogen (secondary N) is 1. The van der Waals surface area contributed by atoms with E-state index >= 15 is 0 Å². The van der Waals surface area contributed by atoms with Crippen molar-refractivity contribution in [2.45, 2.75) is 13.0 Å². The normalized spacial score (nSPS) is 15.5. The molecule has 0 unspecified atom stereocenters. The number of halogens is 1. The highest BCUT2D eigenvalue weighted by Crippen LogP contribution is 2.36. The summed E-state index contributed by atoms with van der Waals surface area (Å²) >= 11 is 6.30. The smallest absolute Gasteiger partial charge is 0.137 e. The highest BCUT2D eigenvalue weighted by atomic mass is 35.5. The predicted molar refractivity (Wildman–Crippen MR) is 112 cm³/mol. The zero-order valence-electron chi connectivity index (χ0n) is 16.2. The first-order valence-electron chi connectivity index (χ1n) is 9.51. The van der Waals surface area contributed by atoms with Crippen LogP contribution in [0.4, 0.5) is 0 Å². The van der Waals surface area contributed by atoms with Crippen molar-refractivity contribution in [2.24, 2.45) is 0 Å². The van der Waals surface area contributed by atoms with Gasteiger partial charge in [-0.25, -0.2) is 4.98 Å². The van der Waals surface area contributed by atoms with E-state index in [1.54, 1.807) is 14.2 Å². The van der Waals surface area contributed by atoms with E-state index in [-0.39, 0.29) is 0 Å². The van der Waals surface area contributed by atoms with Crippen LogP contribution in [0.15, 0.2) is 36.5 Å². The van der Waals surface area contributed by atoms with Gasteiger partial charge in [0.25, 0.3) is 0 Å². The Labute approximate surface area is 170 Å². The Morgan fingerprint density at radius 1 is 1.11 bits per heavy atom. The van der Waals surface area contributed by atoms with Gasteiger partial charge in [0.2, 0.25) is 0 Å². The first-order chi connectivity index (χ1) is 13.7. The topological polar surface area (TPSA) is 51.0 Å². The monoisotopic (exact) mass is 400 g/mol. The van der Waals surface area contributed by atoms with Gasteiger partial charge in [0, 0.05) is 31.4 Å². The number of ether oxygens (including phenoxy) is 2. The third-order valence-corrected chi connectivity index (χ3v) is 5.37. The van der Waals surface area contributed by atoms with Gasteiger partial charge in [-0.1, -0.05) is 11.6 Å². The number of fused-ring (bicyclic) bond motifs is 1. The molecule has 6 nitrogen and oxygen atoms in total. The summed E-state index contributed by atoms with van der Waals surface area (Å²) in [5, 5.41) is 4.15. The number of aromatic nitrogens is 2. The van der Waals surface area contributed by atoms with Gasteiger partial charge in [-0.05, 0) is 49.8 Å². The maximum atomic E-state index is 6.30. The third kappa shape index (κ3) is 3.81. The average molecular weight is 401 g/mol. The van der Waals surface area contributed by atoms with Crippen LogP contribution < -0.4 is 14.8 Å². The van der Waals surface area contributed by atoms with Gasteiger partial charge in [-0.2, -0.15) is 0 Å². The minimum Gasteiger partial charge on any atom is -0.497 e. The van der Waals surface area contributed by atoms with E-state index in [4.69, 9.17) is 26.1 Å². The van der Waals surface area contributed by atoms with Gasteiger partial charge >= 0.3 is 0 Å². The molecule has 0 spiro atoms. The molecule has 0 bridgehead atoms. The zero-order valence-corrected chi connectivity index (χ0v) is 17.0. The van der Waals surface area contributed by atoms with Crippen LogP contribution in [0, 0.1) is 0 Å². The lowest BCUT2D eigenvalue weighted by molar-refractivity contribution is 0.280. The van der Waals surface area contributed by atoms with E-state index in [1.165, 1.54) is 0 Å². The molecular weight excluding hydrogens is 376 g/mol. The Kier molecular flexibility index (Phi) is 5.71. The number of rotatable bonds is 5. The van der Waals surface area contributed by atoms with Gasteiger partial charge in [0.1, 0.15) is 17.1 Å². The van der Waals surface area contributed by atoms with Crippen LogP contribution >= 0.6 is 11.6 Å². The van der Waals surface area contributed by atoms with Crippen LogP contribution in [-0.4, -0.2) is 54.7 Å². The zero-order chi connectivity index (χ0) is 19.5. The van der Waals surface area contributed by atoms with Crippen molar-refractivity contribution >= 4 is 17.2 Å². The fourth-order valence-corrected chi connectivity index (χ4v) is 3.87.